The Labute approximate surface area is 145 Å². The van der Waals surface area contributed by atoms with Gasteiger partial charge in [0.15, 0.2) is 0 Å². The van der Waals surface area contributed by atoms with Crippen molar-refractivity contribution in [2.75, 3.05) is 6.61 Å². The Kier molecular flexibility index (Phi) is 4.70. The fraction of sp³-hybridized carbons (Fsp3) is 0.667. The van der Waals surface area contributed by atoms with E-state index in [-0.39, 0.29) is 18.6 Å². The van der Waals surface area contributed by atoms with Gasteiger partial charge in [0.1, 0.15) is 17.3 Å². The molecule has 1 fully saturated rings. The van der Waals surface area contributed by atoms with Gasteiger partial charge in [-0.3, -0.25) is 0 Å². The van der Waals surface area contributed by atoms with Crippen LogP contribution in [0.15, 0.2) is 6.33 Å². The highest BCUT2D eigenvalue weighted by atomic mass is 32.1. The molecule has 0 amide bonds. The molecule has 0 spiro atoms. The summed E-state index contributed by atoms with van der Waals surface area (Å²) in [5, 5.41) is 20.1. The zero-order chi connectivity index (χ0) is 16.5. The van der Waals surface area contributed by atoms with Gasteiger partial charge >= 0.3 is 0 Å². The Morgan fingerprint density at radius 3 is 2.83 bits per heavy atom. The van der Waals surface area contributed by atoms with Crippen LogP contribution in [0.4, 0.5) is 0 Å². The van der Waals surface area contributed by atoms with E-state index in [2.05, 4.69) is 9.97 Å². The van der Waals surface area contributed by atoms with Gasteiger partial charge in [-0.2, -0.15) is 0 Å². The second kappa shape index (κ2) is 6.94. The van der Waals surface area contributed by atoms with Crippen molar-refractivity contribution >= 4 is 21.6 Å². The molecule has 24 heavy (non-hydrogen) atoms. The lowest BCUT2D eigenvalue weighted by Gasteiger charge is -2.23. The minimum absolute atomic E-state index is 0.185. The number of aryl methyl sites for hydroxylation is 1. The number of nitrogens with zero attached hydrogens (tertiary/aromatic N) is 2. The number of ether oxygens (including phenoxy) is 1. The van der Waals surface area contributed by atoms with Gasteiger partial charge in [-0.25, -0.2) is 9.97 Å². The van der Waals surface area contributed by atoms with Crippen LogP contribution in [-0.2, 0) is 6.42 Å². The van der Waals surface area contributed by atoms with Crippen LogP contribution in [0.1, 0.15) is 61.3 Å². The maximum absolute atomic E-state index is 9.87. The molecule has 130 valence electrons. The Morgan fingerprint density at radius 2 is 2.04 bits per heavy atom. The molecule has 4 rings (SSSR count). The number of aliphatic hydroxyl groups excluding tert-OH is 2. The Hall–Kier alpha value is -1.24. The zero-order valence-electron chi connectivity index (χ0n) is 13.8. The molecule has 0 aromatic carbocycles. The number of hydrogen-bond acceptors (Lipinski definition) is 6. The highest BCUT2D eigenvalue weighted by Crippen LogP contribution is 2.47. The second-order valence-corrected chi connectivity index (χ2v) is 8.07. The summed E-state index contributed by atoms with van der Waals surface area (Å²) in [6.07, 6.45) is 9.78. The average molecular weight is 348 g/mol. The molecule has 6 heteroatoms. The topological polar surface area (TPSA) is 75.5 Å². The van der Waals surface area contributed by atoms with E-state index >= 15 is 0 Å². The highest BCUT2D eigenvalue weighted by molar-refractivity contribution is 7.19. The standard InChI is InChI=1S/C18H24N2O3S/c21-9-12(22)8-11-6-7-14-15(11)16-17(19-10-20-18(16)24-14)23-13-4-2-1-3-5-13/h10-13,21-22H,1-9H2/t11-,12?/m1/s1. The van der Waals surface area contributed by atoms with Crippen molar-refractivity contribution in [1.29, 1.82) is 0 Å². The summed E-state index contributed by atoms with van der Waals surface area (Å²) in [5.41, 5.74) is 1.26. The molecule has 0 aliphatic heterocycles. The lowest BCUT2D eigenvalue weighted by molar-refractivity contribution is 0.0823. The number of aromatic nitrogens is 2. The molecular formula is C18H24N2O3S. The van der Waals surface area contributed by atoms with Gasteiger partial charge in [-0.15, -0.1) is 11.3 Å². The van der Waals surface area contributed by atoms with Crippen LogP contribution < -0.4 is 4.74 Å². The quantitative estimate of drug-likeness (QED) is 0.868. The smallest absolute Gasteiger partial charge is 0.225 e. The Morgan fingerprint density at radius 1 is 1.21 bits per heavy atom. The van der Waals surface area contributed by atoms with Crippen molar-refractivity contribution < 1.29 is 14.9 Å². The molecule has 1 unspecified atom stereocenters. The van der Waals surface area contributed by atoms with Crippen LogP contribution in [0, 0.1) is 0 Å². The molecule has 0 bridgehead atoms. The summed E-state index contributed by atoms with van der Waals surface area (Å²) in [6, 6.07) is 0. The minimum atomic E-state index is -0.664. The first kappa shape index (κ1) is 16.2. The fourth-order valence-electron chi connectivity index (χ4n) is 4.11. The van der Waals surface area contributed by atoms with E-state index in [1.165, 1.54) is 29.7 Å². The molecule has 5 nitrogen and oxygen atoms in total. The van der Waals surface area contributed by atoms with Gasteiger partial charge < -0.3 is 14.9 Å². The van der Waals surface area contributed by atoms with Gasteiger partial charge in [0.2, 0.25) is 5.88 Å². The summed E-state index contributed by atoms with van der Waals surface area (Å²) >= 11 is 1.73. The molecule has 0 saturated heterocycles. The van der Waals surface area contributed by atoms with Gasteiger partial charge in [-0.1, -0.05) is 6.42 Å². The summed E-state index contributed by atoms with van der Waals surface area (Å²) < 4.78 is 6.28. The number of rotatable bonds is 5. The molecule has 2 aliphatic carbocycles. The summed E-state index contributed by atoms with van der Waals surface area (Å²) in [5.74, 6) is 0.977. The van der Waals surface area contributed by atoms with Crippen LogP contribution in [-0.4, -0.2) is 39.0 Å². The average Bonchev–Trinajstić information content (AvgIpc) is 3.16. The van der Waals surface area contributed by atoms with Crippen LogP contribution in [0.5, 0.6) is 5.88 Å². The van der Waals surface area contributed by atoms with Crippen LogP contribution >= 0.6 is 11.3 Å². The third-order valence-corrected chi connectivity index (χ3v) is 6.47. The lowest BCUT2D eigenvalue weighted by atomic mass is 9.94. The monoisotopic (exact) mass is 348 g/mol. The van der Waals surface area contributed by atoms with Crippen LogP contribution in [0.25, 0.3) is 10.2 Å². The third-order valence-electron chi connectivity index (χ3n) is 5.29. The van der Waals surface area contributed by atoms with Gasteiger partial charge in [0, 0.05) is 4.88 Å². The van der Waals surface area contributed by atoms with E-state index in [0.29, 0.717) is 6.42 Å². The Bertz CT molecular complexity index is 712. The van der Waals surface area contributed by atoms with E-state index in [9.17, 15) is 10.2 Å². The molecule has 2 aromatic heterocycles. The van der Waals surface area contributed by atoms with Crippen LogP contribution in [0.3, 0.4) is 0 Å². The number of fused-ring (bicyclic) bond motifs is 3. The van der Waals surface area contributed by atoms with Gasteiger partial charge in [0.05, 0.1) is 18.1 Å². The molecule has 2 atom stereocenters. The number of aliphatic hydroxyl groups is 2. The molecule has 0 radical (unpaired) electrons. The fourth-order valence-corrected chi connectivity index (χ4v) is 5.34. The summed E-state index contributed by atoms with van der Waals surface area (Å²) in [4.78, 5) is 11.2. The second-order valence-electron chi connectivity index (χ2n) is 6.98. The molecule has 2 aromatic rings. The maximum atomic E-state index is 9.87. The number of hydrogen-bond donors (Lipinski definition) is 2. The molecule has 2 N–H and O–H groups in total. The van der Waals surface area contributed by atoms with E-state index in [4.69, 9.17) is 4.74 Å². The van der Waals surface area contributed by atoms with Gasteiger partial charge in [-0.05, 0) is 56.4 Å². The van der Waals surface area contributed by atoms with Crippen molar-refractivity contribution in [2.45, 2.75) is 69.5 Å². The first-order valence-electron chi connectivity index (χ1n) is 8.98. The van der Waals surface area contributed by atoms with Crippen molar-refractivity contribution in [3.05, 3.63) is 16.8 Å². The predicted octanol–water partition coefficient (Wildman–Crippen LogP) is 3.18. The molecule has 1 saturated carbocycles. The van der Waals surface area contributed by atoms with Crippen molar-refractivity contribution in [1.82, 2.24) is 9.97 Å². The lowest BCUT2D eigenvalue weighted by Crippen LogP contribution is -2.20. The maximum Gasteiger partial charge on any atom is 0.225 e. The van der Waals surface area contributed by atoms with Crippen molar-refractivity contribution in [3.63, 3.8) is 0 Å². The molecule has 2 heterocycles. The van der Waals surface area contributed by atoms with E-state index in [1.54, 1.807) is 17.7 Å². The largest absolute Gasteiger partial charge is 0.474 e. The summed E-state index contributed by atoms with van der Waals surface area (Å²) in [6.45, 7) is -0.185. The molecular weight excluding hydrogens is 324 g/mol. The normalized spacial score (nSPS) is 22.7. The third kappa shape index (κ3) is 3.03. The summed E-state index contributed by atoms with van der Waals surface area (Å²) in [7, 11) is 0. The highest BCUT2D eigenvalue weighted by Gasteiger charge is 2.31. The van der Waals surface area contributed by atoms with Crippen molar-refractivity contribution in [2.24, 2.45) is 0 Å². The van der Waals surface area contributed by atoms with Crippen molar-refractivity contribution in [3.8, 4) is 5.88 Å². The predicted molar refractivity (Wildman–Crippen MR) is 93.7 cm³/mol. The van der Waals surface area contributed by atoms with E-state index in [1.807, 2.05) is 0 Å². The number of thiophene rings is 1. The van der Waals surface area contributed by atoms with E-state index in [0.717, 1.165) is 41.8 Å². The van der Waals surface area contributed by atoms with Crippen LogP contribution in [0.2, 0.25) is 0 Å². The zero-order valence-corrected chi connectivity index (χ0v) is 14.6. The minimum Gasteiger partial charge on any atom is -0.474 e. The molecule has 2 aliphatic rings. The first-order chi connectivity index (χ1) is 11.8. The van der Waals surface area contributed by atoms with E-state index < -0.39 is 6.10 Å². The Balaban J connectivity index is 1.68. The SMILES string of the molecule is OCC(O)C[C@H]1CCc2sc3ncnc(OC4CCCCC4)c3c21. The van der Waals surface area contributed by atoms with Gasteiger partial charge in [0.25, 0.3) is 0 Å². The first-order valence-corrected chi connectivity index (χ1v) is 9.79.